The molecule has 2 nitrogen and oxygen atoms in total. The molecule has 0 radical (unpaired) electrons. The minimum absolute atomic E-state index is 0.0789. The Morgan fingerprint density at radius 1 is 1.03 bits per heavy atom. The zero-order chi connectivity index (χ0) is 27.2. The van der Waals surface area contributed by atoms with Gasteiger partial charge in [-0.3, -0.25) is 0 Å². The molecule has 1 unspecified atom stereocenters. The Morgan fingerprint density at radius 3 is 2.58 bits per heavy atom. The van der Waals surface area contributed by atoms with Gasteiger partial charge in [0.1, 0.15) is 6.10 Å². The van der Waals surface area contributed by atoms with Crippen LogP contribution in [0.25, 0.3) is 0 Å². The summed E-state index contributed by atoms with van der Waals surface area (Å²) < 4.78 is 5.99. The highest BCUT2D eigenvalue weighted by atomic mass is 35.5. The smallest absolute Gasteiger partial charge is 0.339 e. The van der Waals surface area contributed by atoms with E-state index in [1.165, 1.54) is 51.4 Å². The molecule has 0 aromatic heterocycles. The van der Waals surface area contributed by atoms with Crippen molar-refractivity contribution < 1.29 is 9.53 Å². The Bertz CT molecular complexity index is 1060. The number of rotatable bonds is 7. The maximum absolute atomic E-state index is 12.9. The Labute approximate surface area is 241 Å². The van der Waals surface area contributed by atoms with Crippen LogP contribution >= 0.6 is 23.2 Å². The van der Waals surface area contributed by atoms with Gasteiger partial charge in [-0.05, 0) is 103 Å². The van der Waals surface area contributed by atoms with Gasteiger partial charge in [0, 0.05) is 6.42 Å². The fourth-order valence-electron chi connectivity index (χ4n) is 9.63. The van der Waals surface area contributed by atoms with Gasteiger partial charge in [-0.15, -0.1) is 0 Å². The van der Waals surface area contributed by atoms with Gasteiger partial charge in [0.25, 0.3) is 0 Å². The van der Waals surface area contributed by atoms with Crippen LogP contribution in [0.15, 0.2) is 29.8 Å². The maximum Gasteiger partial charge on any atom is 0.339 e. The Hall–Kier alpha value is -0.990. The Balaban J connectivity index is 1.26. The summed E-state index contributed by atoms with van der Waals surface area (Å²) in [4.78, 5) is 12.9. The fourth-order valence-corrected chi connectivity index (χ4v) is 10.0. The van der Waals surface area contributed by atoms with E-state index in [9.17, 15) is 4.79 Å². The molecule has 3 fully saturated rings. The van der Waals surface area contributed by atoms with Gasteiger partial charge < -0.3 is 4.74 Å². The van der Waals surface area contributed by atoms with Crippen LogP contribution in [0.1, 0.15) is 116 Å². The van der Waals surface area contributed by atoms with Crippen molar-refractivity contribution in [3.05, 3.63) is 45.5 Å². The summed E-state index contributed by atoms with van der Waals surface area (Å²) in [6.07, 6.45) is 16.4. The van der Waals surface area contributed by atoms with Crippen molar-refractivity contribution in [2.75, 3.05) is 0 Å². The molecule has 1 aromatic carbocycles. The summed E-state index contributed by atoms with van der Waals surface area (Å²) in [5.74, 6) is 4.68. The van der Waals surface area contributed by atoms with Crippen LogP contribution in [0.3, 0.4) is 0 Å². The van der Waals surface area contributed by atoms with Crippen LogP contribution in [0.5, 0.6) is 0 Å². The molecule has 4 heteroatoms. The molecule has 3 saturated carbocycles. The number of carbonyl (C=O) groups excluding carboxylic acids is 1. The van der Waals surface area contributed by atoms with Gasteiger partial charge in [-0.1, -0.05) is 94.8 Å². The number of hydrogen-bond donors (Lipinski definition) is 0. The lowest BCUT2D eigenvalue weighted by molar-refractivity contribution is -0.0594. The van der Waals surface area contributed by atoms with Crippen molar-refractivity contribution in [2.45, 2.75) is 111 Å². The van der Waals surface area contributed by atoms with Crippen LogP contribution in [-0.2, 0) is 4.74 Å². The SMILES string of the molecule is CC(C)CCC[C@@H](C)[C@H]1CC[C@H]2[C@@H]3CC=C4CC(OC(=O)c5cccc(Cl)c5Cl)CC[C@]4(C)[C@H]3CC[C@]12C. The minimum atomic E-state index is -0.353. The van der Waals surface area contributed by atoms with Crippen molar-refractivity contribution in [2.24, 2.45) is 46.3 Å². The molecular weight excluding hydrogens is 511 g/mol. The van der Waals surface area contributed by atoms with Crippen molar-refractivity contribution >= 4 is 29.2 Å². The predicted molar refractivity (Wildman–Crippen MR) is 159 cm³/mol. The van der Waals surface area contributed by atoms with E-state index in [0.29, 0.717) is 16.0 Å². The number of ether oxygens (including phenoxy) is 1. The molecule has 0 saturated heterocycles. The van der Waals surface area contributed by atoms with E-state index < -0.39 is 0 Å². The molecular formula is C34H48Cl2O2. The van der Waals surface area contributed by atoms with Gasteiger partial charge >= 0.3 is 5.97 Å². The third-order valence-corrected chi connectivity index (χ3v) is 12.5. The molecule has 5 rings (SSSR count). The van der Waals surface area contributed by atoms with Crippen molar-refractivity contribution in [1.29, 1.82) is 0 Å². The van der Waals surface area contributed by atoms with Gasteiger partial charge in [0.05, 0.1) is 15.6 Å². The van der Waals surface area contributed by atoms with E-state index >= 15 is 0 Å². The number of esters is 1. The van der Waals surface area contributed by atoms with E-state index in [-0.39, 0.29) is 22.5 Å². The molecule has 4 aliphatic rings. The lowest BCUT2D eigenvalue weighted by Crippen LogP contribution is -2.51. The number of fused-ring (bicyclic) bond motifs is 5. The van der Waals surface area contributed by atoms with E-state index in [4.69, 9.17) is 27.9 Å². The Morgan fingerprint density at radius 2 is 1.82 bits per heavy atom. The zero-order valence-corrected chi connectivity index (χ0v) is 25.7. The summed E-state index contributed by atoms with van der Waals surface area (Å²) in [6.45, 7) is 12.5. The first kappa shape index (κ1) is 28.5. The molecule has 4 aliphatic carbocycles. The molecule has 0 bridgehead atoms. The van der Waals surface area contributed by atoms with Crippen LogP contribution in [0, 0.1) is 46.3 Å². The third kappa shape index (κ3) is 5.11. The minimum Gasteiger partial charge on any atom is -0.458 e. The van der Waals surface area contributed by atoms with Gasteiger partial charge in [-0.25, -0.2) is 4.79 Å². The lowest BCUT2D eigenvalue weighted by Gasteiger charge is -2.58. The number of allylic oxidation sites excluding steroid dienone is 1. The Kier molecular flexibility index (Phi) is 8.35. The molecule has 38 heavy (non-hydrogen) atoms. The molecule has 210 valence electrons. The quantitative estimate of drug-likeness (QED) is 0.245. The topological polar surface area (TPSA) is 26.3 Å². The third-order valence-electron chi connectivity index (χ3n) is 11.7. The highest BCUT2D eigenvalue weighted by Crippen LogP contribution is 2.67. The second-order valence-corrected chi connectivity index (χ2v) is 14.9. The number of benzene rings is 1. The molecule has 0 amide bonds. The van der Waals surface area contributed by atoms with Crippen LogP contribution in [0.4, 0.5) is 0 Å². The van der Waals surface area contributed by atoms with E-state index in [0.717, 1.165) is 54.8 Å². The van der Waals surface area contributed by atoms with E-state index in [1.54, 1.807) is 23.8 Å². The molecule has 0 N–H and O–H groups in total. The van der Waals surface area contributed by atoms with E-state index in [2.05, 4.69) is 40.7 Å². The van der Waals surface area contributed by atoms with Gasteiger partial charge in [0.2, 0.25) is 0 Å². The number of halogens is 2. The summed E-state index contributed by atoms with van der Waals surface area (Å²) >= 11 is 12.4. The largest absolute Gasteiger partial charge is 0.458 e. The van der Waals surface area contributed by atoms with Crippen molar-refractivity contribution in [3.8, 4) is 0 Å². The summed E-state index contributed by atoms with van der Waals surface area (Å²) in [5.41, 5.74) is 2.68. The molecule has 0 aliphatic heterocycles. The average Bonchev–Trinajstić information content (AvgIpc) is 3.23. The number of hydrogen-bond acceptors (Lipinski definition) is 2. The highest BCUT2D eigenvalue weighted by Gasteiger charge is 2.59. The second kappa shape index (κ2) is 11.1. The molecule has 8 atom stereocenters. The van der Waals surface area contributed by atoms with Crippen molar-refractivity contribution in [3.63, 3.8) is 0 Å². The molecule has 0 spiro atoms. The van der Waals surface area contributed by atoms with Gasteiger partial charge in [-0.2, -0.15) is 0 Å². The summed E-state index contributed by atoms with van der Waals surface area (Å²) in [6, 6.07) is 5.15. The monoisotopic (exact) mass is 558 g/mol. The lowest BCUT2D eigenvalue weighted by atomic mass is 9.47. The zero-order valence-electron chi connectivity index (χ0n) is 24.2. The maximum atomic E-state index is 12.9. The van der Waals surface area contributed by atoms with Crippen molar-refractivity contribution in [1.82, 2.24) is 0 Å². The second-order valence-electron chi connectivity index (χ2n) is 14.2. The van der Waals surface area contributed by atoms with Gasteiger partial charge in [0.15, 0.2) is 0 Å². The first-order valence-electron chi connectivity index (χ1n) is 15.4. The van der Waals surface area contributed by atoms with E-state index in [1.807, 2.05) is 0 Å². The predicted octanol–water partition coefficient (Wildman–Crippen LogP) is 10.6. The number of carbonyl (C=O) groups is 1. The normalized spacial score (nSPS) is 37.2. The molecule has 1 aromatic rings. The van der Waals surface area contributed by atoms with Crippen LogP contribution in [0.2, 0.25) is 10.0 Å². The first-order valence-corrected chi connectivity index (χ1v) is 16.1. The highest BCUT2D eigenvalue weighted by molar-refractivity contribution is 6.43. The summed E-state index contributed by atoms with van der Waals surface area (Å²) in [7, 11) is 0. The standard InChI is InChI=1S/C34H48Cl2O2/c1-21(2)8-6-9-22(3)27-14-15-28-25-13-12-23-20-24(38-32(37)26-10-7-11-30(35)31(26)36)16-18-33(23,4)29(25)17-19-34(27,28)5/h7,10-12,21-22,24-25,27-29H,6,8-9,13-20H2,1-5H3/t22-,24?,25+,27-,28+,29+,33+,34-/m1/s1. The fraction of sp³-hybridized carbons (Fsp3) is 0.735. The molecule has 0 heterocycles. The summed E-state index contributed by atoms with van der Waals surface area (Å²) in [5, 5.41) is 0.677. The van der Waals surface area contributed by atoms with Crippen LogP contribution < -0.4 is 0 Å². The average molecular weight is 560 g/mol. The first-order chi connectivity index (χ1) is 18.0. The van der Waals surface area contributed by atoms with Crippen LogP contribution in [-0.4, -0.2) is 12.1 Å².